The number of hydrogen-bond acceptors (Lipinski definition) is 3. The molecule has 74 valence electrons. The molecule has 0 unspecified atom stereocenters. The Hall–Kier alpha value is -0.800. The maximum atomic E-state index is 5.58. The summed E-state index contributed by atoms with van der Waals surface area (Å²) < 4.78 is 5.42. The largest absolute Gasteiger partial charge is 0.465 e. The van der Waals surface area contributed by atoms with Gasteiger partial charge in [-0.25, -0.2) is 0 Å². The van der Waals surface area contributed by atoms with Crippen molar-refractivity contribution >= 4 is 0 Å². The first kappa shape index (κ1) is 10.3. The molecule has 1 aromatic rings. The Kier molecular flexibility index (Phi) is 3.12. The minimum atomic E-state index is -0.0271. The molecule has 3 N–H and O–H groups in total. The molecular weight excluding hydrogens is 164 g/mol. The molecule has 0 aromatic carbocycles. The molecule has 0 radical (unpaired) electrons. The smallest absolute Gasteiger partial charge is 0.117 e. The van der Waals surface area contributed by atoms with Crippen molar-refractivity contribution in [1.82, 2.24) is 5.32 Å². The zero-order valence-electron chi connectivity index (χ0n) is 8.55. The second-order valence-corrected chi connectivity index (χ2v) is 3.95. The lowest BCUT2D eigenvalue weighted by Crippen LogP contribution is -2.45. The monoisotopic (exact) mass is 182 g/mol. The van der Waals surface area contributed by atoms with Crippen LogP contribution in [-0.4, -0.2) is 12.1 Å². The third-order valence-corrected chi connectivity index (χ3v) is 2.05. The first-order valence-corrected chi connectivity index (χ1v) is 4.54. The molecule has 1 aromatic heterocycles. The van der Waals surface area contributed by atoms with Gasteiger partial charge in [-0.15, -0.1) is 0 Å². The number of furan rings is 1. The minimum absolute atomic E-state index is 0.0271. The number of aryl methyl sites for hydroxylation is 1. The fraction of sp³-hybridized carbons (Fsp3) is 0.600. The molecule has 0 saturated heterocycles. The lowest BCUT2D eigenvalue weighted by Gasteiger charge is -2.23. The van der Waals surface area contributed by atoms with E-state index in [1.54, 1.807) is 0 Å². The Bertz CT molecular complexity index is 266. The summed E-state index contributed by atoms with van der Waals surface area (Å²) in [6.45, 7) is 7.44. The molecule has 3 nitrogen and oxygen atoms in total. The van der Waals surface area contributed by atoms with E-state index in [1.807, 2.05) is 19.1 Å². The van der Waals surface area contributed by atoms with Crippen LogP contribution in [0.3, 0.4) is 0 Å². The van der Waals surface area contributed by atoms with E-state index in [1.165, 1.54) is 0 Å². The van der Waals surface area contributed by atoms with Crippen molar-refractivity contribution in [2.45, 2.75) is 32.9 Å². The van der Waals surface area contributed by atoms with Crippen LogP contribution in [0.5, 0.6) is 0 Å². The van der Waals surface area contributed by atoms with Crippen LogP contribution < -0.4 is 11.1 Å². The lowest BCUT2D eigenvalue weighted by atomic mass is 10.1. The quantitative estimate of drug-likeness (QED) is 0.740. The van der Waals surface area contributed by atoms with Gasteiger partial charge in [0.25, 0.3) is 0 Å². The van der Waals surface area contributed by atoms with E-state index in [9.17, 15) is 0 Å². The molecule has 0 aliphatic heterocycles. The summed E-state index contributed by atoms with van der Waals surface area (Å²) in [5.74, 6) is 1.90. The number of nitrogens with one attached hydrogen (secondary N) is 1. The fourth-order valence-corrected chi connectivity index (χ4v) is 0.979. The van der Waals surface area contributed by atoms with Gasteiger partial charge in [0.2, 0.25) is 0 Å². The summed E-state index contributed by atoms with van der Waals surface area (Å²) in [5, 5.41) is 3.32. The zero-order chi connectivity index (χ0) is 9.90. The van der Waals surface area contributed by atoms with Gasteiger partial charge in [0.15, 0.2) is 0 Å². The molecule has 0 bridgehead atoms. The van der Waals surface area contributed by atoms with Crippen LogP contribution in [-0.2, 0) is 6.54 Å². The summed E-state index contributed by atoms with van der Waals surface area (Å²) in [7, 11) is 0. The van der Waals surface area contributed by atoms with Crippen LogP contribution in [0.25, 0.3) is 0 Å². The molecule has 13 heavy (non-hydrogen) atoms. The van der Waals surface area contributed by atoms with Gasteiger partial charge in [0.1, 0.15) is 11.5 Å². The van der Waals surface area contributed by atoms with Gasteiger partial charge < -0.3 is 15.5 Å². The topological polar surface area (TPSA) is 51.2 Å². The van der Waals surface area contributed by atoms with Crippen molar-refractivity contribution < 1.29 is 4.42 Å². The molecule has 0 saturated carbocycles. The molecule has 0 aliphatic carbocycles. The highest BCUT2D eigenvalue weighted by Gasteiger charge is 2.14. The van der Waals surface area contributed by atoms with Crippen LogP contribution in [0.2, 0.25) is 0 Å². The highest BCUT2D eigenvalue weighted by atomic mass is 16.3. The number of rotatable bonds is 4. The number of hydrogen-bond donors (Lipinski definition) is 2. The third-order valence-electron chi connectivity index (χ3n) is 2.05. The van der Waals surface area contributed by atoms with Gasteiger partial charge in [-0.2, -0.15) is 0 Å². The third kappa shape index (κ3) is 3.20. The molecule has 0 spiro atoms. The van der Waals surface area contributed by atoms with E-state index in [2.05, 4.69) is 19.2 Å². The molecule has 0 fully saturated rings. The second kappa shape index (κ2) is 3.94. The fourth-order valence-electron chi connectivity index (χ4n) is 0.979. The maximum absolute atomic E-state index is 5.58. The molecule has 1 rings (SSSR count). The van der Waals surface area contributed by atoms with Crippen LogP contribution in [0, 0.1) is 6.92 Å². The van der Waals surface area contributed by atoms with E-state index < -0.39 is 0 Å². The predicted octanol–water partition coefficient (Wildman–Crippen LogP) is 1.41. The Balaban J connectivity index is 2.43. The second-order valence-electron chi connectivity index (χ2n) is 3.95. The molecule has 1 heterocycles. The van der Waals surface area contributed by atoms with E-state index in [0.717, 1.165) is 18.1 Å². The highest BCUT2D eigenvalue weighted by Crippen LogP contribution is 2.07. The Morgan fingerprint density at radius 1 is 1.46 bits per heavy atom. The van der Waals surface area contributed by atoms with Crippen molar-refractivity contribution in [3.8, 4) is 0 Å². The summed E-state index contributed by atoms with van der Waals surface area (Å²) in [5.41, 5.74) is 5.56. The zero-order valence-corrected chi connectivity index (χ0v) is 8.55. The summed E-state index contributed by atoms with van der Waals surface area (Å²) >= 11 is 0. The molecule has 3 heteroatoms. The van der Waals surface area contributed by atoms with Crippen molar-refractivity contribution in [2.75, 3.05) is 6.54 Å². The van der Waals surface area contributed by atoms with Crippen molar-refractivity contribution in [3.05, 3.63) is 23.7 Å². The van der Waals surface area contributed by atoms with Gasteiger partial charge in [-0.05, 0) is 32.9 Å². The van der Waals surface area contributed by atoms with Crippen LogP contribution in [0.15, 0.2) is 16.5 Å². The van der Waals surface area contributed by atoms with Crippen molar-refractivity contribution in [1.29, 1.82) is 0 Å². The molecule has 0 atom stereocenters. The van der Waals surface area contributed by atoms with Crippen LogP contribution >= 0.6 is 0 Å². The van der Waals surface area contributed by atoms with Crippen LogP contribution in [0.4, 0.5) is 0 Å². The Morgan fingerprint density at radius 3 is 2.62 bits per heavy atom. The summed E-state index contributed by atoms with van der Waals surface area (Å²) in [4.78, 5) is 0. The van der Waals surface area contributed by atoms with Gasteiger partial charge in [-0.3, -0.25) is 0 Å². The lowest BCUT2D eigenvalue weighted by molar-refractivity contribution is 0.365. The normalized spacial score (nSPS) is 12.0. The van der Waals surface area contributed by atoms with Gasteiger partial charge in [-0.1, -0.05) is 0 Å². The average Bonchev–Trinajstić information content (AvgIpc) is 2.48. The van der Waals surface area contributed by atoms with Crippen LogP contribution in [0.1, 0.15) is 25.4 Å². The molecule has 0 aliphatic rings. The Labute approximate surface area is 79.3 Å². The average molecular weight is 182 g/mol. The predicted molar refractivity (Wildman–Crippen MR) is 53.4 cm³/mol. The molecular formula is C10H18N2O. The van der Waals surface area contributed by atoms with Crippen molar-refractivity contribution in [3.63, 3.8) is 0 Å². The summed E-state index contributed by atoms with van der Waals surface area (Å²) in [6, 6.07) is 3.95. The first-order chi connectivity index (χ1) is 6.03. The SMILES string of the molecule is Cc1ccc(CNC(C)(C)CN)o1. The highest BCUT2D eigenvalue weighted by molar-refractivity contribution is 5.05. The van der Waals surface area contributed by atoms with Gasteiger partial charge in [0, 0.05) is 12.1 Å². The summed E-state index contributed by atoms with van der Waals surface area (Å²) in [6.07, 6.45) is 0. The van der Waals surface area contributed by atoms with E-state index in [0.29, 0.717) is 6.54 Å². The van der Waals surface area contributed by atoms with Gasteiger partial charge >= 0.3 is 0 Å². The van der Waals surface area contributed by atoms with E-state index >= 15 is 0 Å². The minimum Gasteiger partial charge on any atom is -0.465 e. The van der Waals surface area contributed by atoms with E-state index in [-0.39, 0.29) is 5.54 Å². The number of nitrogens with two attached hydrogens (primary N) is 1. The van der Waals surface area contributed by atoms with Crippen molar-refractivity contribution in [2.24, 2.45) is 5.73 Å². The first-order valence-electron chi connectivity index (χ1n) is 4.54. The standard InChI is InChI=1S/C10H18N2O/c1-8-4-5-9(13-8)6-12-10(2,3)7-11/h4-5,12H,6-7,11H2,1-3H3. The maximum Gasteiger partial charge on any atom is 0.117 e. The van der Waals surface area contributed by atoms with E-state index in [4.69, 9.17) is 10.2 Å². The Morgan fingerprint density at radius 2 is 2.15 bits per heavy atom. The molecule has 0 amide bonds. The van der Waals surface area contributed by atoms with Gasteiger partial charge in [0.05, 0.1) is 6.54 Å².